The fourth-order valence-corrected chi connectivity index (χ4v) is 3.80. The van der Waals surface area contributed by atoms with E-state index in [0.717, 1.165) is 53.9 Å². The summed E-state index contributed by atoms with van der Waals surface area (Å²) in [7, 11) is 0. The van der Waals surface area contributed by atoms with E-state index in [1.54, 1.807) is 0 Å². The number of imidazole rings is 2. The number of halogens is 2. The van der Waals surface area contributed by atoms with Gasteiger partial charge in [0, 0.05) is 37.5 Å². The number of fused-ring (bicyclic) bond motifs is 1. The molecule has 4 rings (SSSR count). The molecule has 1 amide bonds. The summed E-state index contributed by atoms with van der Waals surface area (Å²) in [5, 5.41) is 2.83. The van der Waals surface area contributed by atoms with Crippen LogP contribution in [0, 0.1) is 0 Å². The summed E-state index contributed by atoms with van der Waals surface area (Å²) in [6.45, 7) is -1.58. The number of hydrogen-bond donors (Lipinski definition) is 1. The predicted molar refractivity (Wildman–Crippen MR) is 105 cm³/mol. The topological polar surface area (TPSA) is 64.7 Å². The SMILES string of the molecule is O=C(NCCc1nccn1C(F)F)c1nc(-c2ccccc2)n2c1CCCCC2. The average molecular weight is 399 g/mol. The monoisotopic (exact) mass is 399 g/mol. The van der Waals surface area contributed by atoms with Crippen molar-refractivity contribution in [2.75, 3.05) is 6.54 Å². The molecule has 0 aliphatic carbocycles. The van der Waals surface area contributed by atoms with Gasteiger partial charge in [-0.3, -0.25) is 9.36 Å². The first-order chi connectivity index (χ1) is 14.1. The van der Waals surface area contributed by atoms with E-state index < -0.39 is 6.55 Å². The van der Waals surface area contributed by atoms with E-state index in [0.29, 0.717) is 5.69 Å². The molecule has 1 aliphatic heterocycles. The lowest BCUT2D eigenvalue weighted by Crippen LogP contribution is -2.28. The third-order valence-electron chi connectivity index (χ3n) is 5.21. The second kappa shape index (κ2) is 8.55. The number of nitrogens with one attached hydrogen (secondary N) is 1. The van der Waals surface area contributed by atoms with Gasteiger partial charge in [0.25, 0.3) is 5.91 Å². The van der Waals surface area contributed by atoms with Gasteiger partial charge in [0.15, 0.2) is 0 Å². The van der Waals surface area contributed by atoms with Crippen LogP contribution in [0.3, 0.4) is 0 Å². The Morgan fingerprint density at radius 1 is 1.17 bits per heavy atom. The summed E-state index contributed by atoms with van der Waals surface area (Å²) < 4.78 is 28.8. The minimum atomic E-state index is -2.64. The second-order valence-electron chi connectivity index (χ2n) is 7.09. The molecular weight excluding hydrogens is 376 g/mol. The number of nitrogens with zero attached hydrogens (tertiary/aromatic N) is 4. The molecule has 0 radical (unpaired) electrons. The molecule has 8 heteroatoms. The van der Waals surface area contributed by atoms with Crippen LogP contribution in [0.25, 0.3) is 11.4 Å². The van der Waals surface area contributed by atoms with Gasteiger partial charge in [-0.2, -0.15) is 8.78 Å². The molecule has 0 atom stereocenters. The molecule has 3 aromatic rings. The van der Waals surface area contributed by atoms with Crippen molar-refractivity contribution in [3.8, 4) is 11.4 Å². The van der Waals surface area contributed by atoms with Crippen LogP contribution >= 0.6 is 0 Å². The van der Waals surface area contributed by atoms with Crippen LogP contribution < -0.4 is 5.32 Å². The summed E-state index contributed by atoms with van der Waals surface area (Å²) in [5.41, 5.74) is 2.37. The first-order valence-corrected chi connectivity index (χ1v) is 9.88. The fraction of sp³-hybridized carbons (Fsp3) is 0.381. The highest BCUT2D eigenvalue weighted by Gasteiger charge is 2.24. The van der Waals surface area contributed by atoms with Crippen LogP contribution in [0.4, 0.5) is 8.78 Å². The third kappa shape index (κ3) is 4.06. The Morgan fingerprint density at radius 3 is 2.79 bits per heavy atom. The normalized spacial score (nSPS) is 13.9. The van der Waals surface area contributed by atoms with Gasteiger partial charge in [-0.1, -0.05) is 36.8 Å². The molecule has 152 valence electrons. The van der Waals surface area contributed by atoms with Crippen molar-refractivity contribution < 1.29 is 13.6 Å². The highest BCUT2D eigenvalue weighted by molar-refractivity contribution is 5.94. The minimum absolute atomic E-state index is 0.218. The van der Waals surface area contributed by atoms with E-state index in [9.17, 15) is 13.6 Å². The Balaban J connectivity index is 1.53. The molecule has 2 aromatic heterocycles. The first-order valence-electron chi connectivity index (χ1n) is 9.88. The molecule has 3 heterocycles. The molecule has 0 spiro atoms. The van der Waals surface area contributed by atoms with Crippen molar-refractivity contribution in [3.05, 3.63) is 59.9 Å². The lowest BCUT2D eigenvalue weighted by molar-refractivity contribution is 0.0670. The number of carbonyl (C=O) groups is 1. The molecule has 6 nitrogen and oxygen atoms in total. The maximum Gasteiger partial charge on any atom is 0.319 e. The number of aromatic nitrogens is 4. The smallest absolute Gasteiger partial charge is 0.319 e. The van der Waals surface area contributed by atoms with E-state index in [1.807, 2.05) is 30.3 Å². The molecule has 29 heavy (non-hydrogen) atoms. The number of carbonyl (C=O) groups excluding carboxylic acids is 1. The maximum absolute atomic E-state index is 12.9. The number of rotatable bonds is 6. The van der Waals surface area contributed by atoms with E-state index in [2.05, 4.69) is 19.9 Å². The van der Waals surface area contributed by atoms with Crippen molar-refractivity contribution >= 4 is 5.91 Å². The van der Waals surface area contributed by atoms with E-state index >= 15 is 0 Å². The second-order valence-corrected chi connectivity index (χ2v) is 7.09. The minimum Gasteiger partial charge on any atom is -0.350 e. The van der Waals surface area contributed by atoms with Gasteiger partial charge in [0.2, 0.25) is 0 Å². The van der Waals surface area contributed by atoms with Crippen LogP contribution in [0.5, 0.6) is 0 Å². The average Bonchev–Trinajstić information content (AvgIpc) is 3.26. The van der Waals surface area contributed by atoms with Crippen molar-refractivity contribution in [1.29, 1.82) is 0 Å². The molecular formula is C21H23F2N5O. The fourth-order valence-electron chi connectivity index (χ4n) is 3.80. The zero-order chi connectivity index (χ0) is 20.2. The largest absolute Gasteiger partial charge is 0.350 e. The number of alkyl halides is 2. The van der Waals surface area contributed by atoms with Crippen molar-refractivity contribution in [3.63, 3.8) is 0 Å². The van der Waals surface area contributed by atoms with Crippen molar-refractivity contribution in [2.24, 2.45) is 0 Å². The molecule has 1 aliphatic rings. The quantitative estimate of drug-likeness (QED) is 0.685. The first kappa shape index (κ1) is 19.3. The Kier molecular flexibility index (Phi) is 5.69. The standard InChI is InChI=1S/C21H23F2N5O/c22-21(23)28-14-12-24-17(28)10-11-25-20(29)18-16-9-5-2-6-13-27(16)19(26-18)15-7-3-1-4-8-15/h1,3-4,7-8,12,14,21H,2,5-6,9-11,13H2,(H,25,29). The predicted octanol–water partition coefficient (Wildman–Crippen LogP) is 3.84. The van der Waals surface area contributed by atoms with Gasteiger partial charge in [0.1, 0.15) is 17.3 Å². The van der Waals surface area contributed by atoms with Crippen LogP contribution in [0.1, 0.15) is 47.8 Å². The van der Waals surface area contributed by atoms with Crippen LogP contribution in [0.2, 0.25) is 0 Å². The Hall–Kier alpha value is -3.03. The highest BCUT2D eigenvalue weighted by Crippen LogP contribution is 2.27. The zero-order valence-electron chi connectivity index (χ0n) is 16.0. The Labute approximate surface area is 167 Å². The number of benzene rings is 1. The number of amides is 1. The van der Waals surface area contributed by atoms with Gasteiger partial charge in [-0.25, -0.2) is 9.97 Å². The summed E-state index contributed by atoms with van der Waals surface area (Å²) >= 11 is 0. The van der Waals surface area contributed by atoms with Crippen molar-refractivity contribution in [2.45, 2.75) is 45.2 Å². The molecule has 0 saturated carbocycles. The lowest BCUT2D eigenvalue weighted by Gasteiger charge is -2.09. The Bertz CT molecular complexity index is 980. The van der Waals surface area contributed by atoms with Crippen LogP contribution in [-0.4, -0.2) is 31.6 Å². The van der Waals surface area contributed by atoms with E-state index in [4.69, 9.17) is 0 Å². The summed E-state index contributed by atoms with van der Waals surface area (Å²) in [6, 6.07) is 9.85. The lowest BCUT2D eigenvalue weighted by atomic mass is 10.1. The molecule has 0 bridgehead atoms. The zero-order valence-corrected chi connectivity index (χ0v) is 16.0. The Morgan fingerprint density at radius 2 is 2.00 bits per heavy atom. The van der Waals surface area contributed by atoms with Gasteiger partial charge < -0.3 is 9.88 Å². The van der Waals surface area contributed by atoms with Crippen LogP contribution in [-0.2, 0) is 19.4 Å². The third-order valence-corrected chi connectivity index (χ3v) is 5.21. The van der Waals surface area contributed by atoms with Crippen LogP contribution in [0.15, 0.2) is 42.7 Å². The van der Waals surface area contributed by atoms with Gasteiger partial charge in [0.05, 0.1) is 5.69 Å². The molecule has 0 saturated heterocycles. The molecule has 1 N–H and O–H groups in total. The summed E-state index contributed by atoms with van der Waals surface area (Å²) in [4.78, 5) is 21.5. The van der Waals surface area contributed by atoms with E-state index in [1.165, 1.54) is 12.4 Å². The molecule has 0 fully saturated rings. The summed E-state index contributed by atoms with van der Waals surface area (Å²) in [6.07, 6.45) is 6.80. The molecule has 1 aromatic carbocycles. The van der Waals surface area contributed by atoms with E-state index in [-0.39, 0.29) is 24.7 Å². The molecule has 0 unspecified atom stereocenters. The summed E-state index contributed by atoms with van der Waals surface area (Å²) in [5.74, 6) is 0.780. The van der Waals surface area contributed by atoms with Gasteiger partial charge in [-0.15, -0.1) is 0 Å². The van der Waals surface area contributed by atoms with Gasteiger partial charge in [-0.05, 0) is 19.3 Å². The van der Waals surface area contributed by atoms with Crippen molar-refractivity contribution in [1.82, 2.24) is 24.4 Å². The highest BCUT2D eigenvalue weighted by atomic mass is 19.3. The number of hydrogen-bond acceptors (Lipinski definition) is 3. The maximum atomic E-state index is 12.9. The van der Waals surface area contributed by atoms with Gasteiger partial charge >= 0.3 is 6.55 Å².